The summed E-state index contributed by atoms with van der Waals surface area (Å²) in [5.74, 6) is -1.23. The zero-order valence-electron chi connectivity index (χ0n) is 12.1. The third-order valence-corrected chi connectivity index (χ3v) is 3.67. The van der Waals surface area contributed by atoms with E-state index in [2.05, 4.69) is 6.08 Å². The number of carbonyl (C=O) groups excluding carboxylic acids is 1. The predicted octanol–water partition coefficient (Wildman–Crippen LogP) is 2.79. The van der Waals surface area contributed by atoms with Gasteiger partial charge in [-0.2, -0.15) is 0 Å². The van der Waals surface area contributed by atoms with Crippen molar-refractivity contribution in [3.63, 3.8) is 0 Å². The van der Waals surface area contributed by atoms with Crippen molar-refractivity contribution in [2.45, 2.75) is 27.2 Å². The van der Waals surface area contributed by atoms with E-state index in [0.29, 0.717) is 29.8 Å². The number of hydrogen-bond donors (Lipinski definition) is 1. The van der Waals surface area contributed by atoms with Crippen LogP contribution in [0.1, 0.15) is 45.2 Å². The number of aryl methyl sites for hydroxylation is 2. The van der Waals surface area contributed by atoms with Crippen molar-refractivity contribution >= 4 is 11.9 Å². The third-order valence-electron chi connectivity index (χ3n) is 3.67. The van der Waals surface area contributed by atoms with Gasteiger partial charge in [0.05, 0.1) is 11.1 Å². The second-order valence-electron chi connectivity index (χ2n) is 5.32. The van der Waals surface area contributed by atoms with Gasteiger partial charge in [0.1, 0.15) is 0 Å². The van der Waals surface area contributed by atoms with E-state index < -0.39 is 5.97 Å². The molecular weight excluding hydrogens is 254 g/mol. The van der Waals surface area contributed by atoms with Gasteiger partial charge < -0.3 is 10.0 Å². The van der Waals surface area contributed by atoms with E-state index in [1.807, 2.05) is 13.0 Å². The quantitative estimate of drug-likeness (QED) is 0.843. The Labute approximate surface area is 118 Å². The summed E-state index contributed by atoms with van der Waals surface area (Å²) in [4.78, 5) is 25.9. The molecule has 1 aliphatic heterocycles. The first-order chi connectivity index (χ1) is 9.41. The average Bonchev–Trinajstić information content (AvgIpc) is 2.40. The van der Waals surface area contributed by atoms with Crippen LogP contribution in [0.15, 0.2) is 23.8 Å². The first-order valence-electron chi connectivity index (χ1n) is 6.70. The van der Waals surface area contributed by atoms with E-state index in [-0.39, 0.29) is 11.5 Å². The molecule has 0 fully saturated rings. The van der Waals surface area contributed by atoms with Crippen molar-refractivity contribution in [3.05, 3.63) is 46.0 Å². The van der Waals surface area contributed by atoms with Crippen molar-refractivity contribution < 1.29 is 14.7 Å². The highest BCUT2D eigenvalue weighted by atomic mass is 16.4. The number of hydrogen-bond acceptors (Lipinski definition) is 2. The van der Waals surface area contributed by atoms with Crippen LogP contribution in [0.25, 0.3) is 0 Å². The molecule has 4 heteroatoms. The molecule has 20 heavy (non-hydrogen) atoms. The van der Waals surface area contributed by atoms with Gasteiger partial charge in [-0.3, -0.25) is 4.79 Å². The Bertz CT molecular complexity index is 602. The molecule has 0 radical (unpaired) electrons. The highest BCUT2D eigenvalue weighted by Gasteiger charge is 2.26. The minimum atomic E-state index is -1.04. The smallest absolute Gasteiger partial charge is 0.336 e. The number of carbonyl (C=O) groups is 2. The summed E-state index contributed by atoms with van der Waals surface area (Å²) in [7, 11) is 0. The number of benzene rings is 1. The second kappa shape index (κ2) is 5.49. The largest absolute Gasteiger partial charge is 0.478 e. The second-order valence-corrected chi connectivity index (χ2v) is 5.32. The van der Waals surface area contributed by atoms with Crippen LogP contribution < -0.4 is 0 Å². The van der Waals surface area contributed by atoms with E-state index in [1.165, 1.54) is 0 Å². The van der Waals surface area contributed by atoms with Crippen molar-refractivity contribution in [2.24, 2.45) is 0 Å². The monoisotopic (exact) mass is 273 g/mol. The normalized spacial score (nSPS) is 14.9. The average molecular weight is 273 g/mol. The fourth-order valence-electron chi connectivity index (χ4n) is 2.61. The van der Waals surface area contributed by atoms with Crippen molar-refractivity contribution in [3.8, 4) is 0 Å². The lowest BCUT2D eigenvalue weighted by Crippen LogP contribution is -2.36. The SMILES string of the molecule is CC1=CCCN(C(=O)c2c(C)ccc(C)c2C(=O)O)C1. The summed E-state index contributed by atoms with van der Waals surface area (Å²) in [5, 5.41) is 9.39. The Hall–Kier alpha value is -2.10. The number of rotatable bonds is 2. The fourth-order valence-corrected chi connectivity index (χ4v) is 2.61. The van der Waals surface area contributed by atoms with Crippen LogP contribution in [0.4, 0.5) is 0 Å². The maximum atomic E-state index is 12.7. The van der Waals surface area contributed by atoms with Gasteiger partial charge in [0.2, 0.25) is 0 Å². The number of amides is 1. The molecule has 4 nitrogen and oxygen atoms in total. The Morgan fingerprint density at radius 2 is 1.70 bits per heavy atom. The highest BCUT2D eigenvalue weighted by Crippen LogP contribution is 2.22. The predicted molar refractivity (Wildman–Crippen MR) is 77.2 cm³/mol. The van der Waals surface area contributed by atoms with Crippen LogP contribution in [-0.2, 0) is 0 Å². The molecule has 0 atom stereocenters. The van der Waals surface area contributed by atoms with Crippen LogP contribution in [0, 0.1) is 13.8 Å². The highest BCUT2D eigenvalue weighted by molar-refractivity contribution is 6.06. The van der Waals surface area contributed by atoms with Crippen LogP contribution in [0.3, 0.4) is 0 Å². The summed E-state index contributed by atoms with van der Waals surface area (Å²) in [6.45, 7) is 6.71. The Balaban J connectivity index is 2.47. The molecule has 1 amide bonds. The molecule has 1 aliphatic rings. The molecule has 0 spiro atoms. The number of nitrogens with zero attached hydrogens (tertiary/aromatic N) is 1. The molecule has 0 bridgehead atoms. The van der Waals surface area contributed by atoms with Gasteiger partial charge in [-0.1, -0.05) is 23.8 Å². The Kier molecular flexibility index (Phi) is 3.93. The minimum absolute atomic E-state index is 0.127. The molecule has 0 saturated heterocycles. The first kappa shape index (κ1) is 14.3. The summed E-state index contributed by atoms with van der Waals surface area (Å²) >= 11 is 0. The van der Waals surface area contributed by atoms with E-state index in [9.17, 15) is 14.7 Å². The molecular formula is C16H19NO3. The van der Waals surface area contributed by atoms with Gasteiger partial charge in [-0.15, -0.1) is 0 Å². The van der Waals surface area contributed by atoms with Gasteiger partial charge in [0.15, 0.2) is 0 Å². The van der Waals surface area contributed by atoms with Gasteiger partial charge in [-0.05, 0) is 38.3 Å². The van der Waals surface area contributed by atoms with Gasteiger partial charge in [0.25, 0.3) is 5.91 Å². The zero-order valence-corrected chi connectivity index (χ0v) is 12.1. The van der Waals surface area contributed by atoms with E-state index in [4.69, 9.17) is 0 Å². The van der Waals surface area contributed by atoms with Crippen LogP contribution in [0.5, 0.6) is 0 Å². The van der Waals surface area contributed by atoms with Crippen molar-refractivity contribution in [2.75, 3.05) is 13.1 Å². The topological polar surface area (TPSA) is 57.6 Å². The summed E-state index contributed by atoms with van der Waals surface area (Å²) < 4.78 is 0. The summed E-state index contributed by atoms with van der Waals surface area (Å²) in [6.07, 6.45) is 2.94. The van der Waals surface area contributed by atoms with Crippen LogP contribution in [0.2, 0.25) is 0 Å². The molecule has 2 rings (SSSR count). The van der Waals surface area contributed by atoms with Gasteiger partial charge in [-0.25, -0.2) is 4.79 Å². The molecule has 1 aromatic carbocycles. The van der Waals surface area contributed by atoms with Crippen molar-refractivity contribution in [1.29, 1.82) is 0 Å². The van der Waals surface area contributed by atoms with Crippen molar-refractivity contribution in [1.82, 2.24) is 4.90 Å². The lowest BCUT2D eigenvalue weighted by Gasteiger charge is -2.27. The van der Waals surface area contributed by atoms with Gasteiger partial charge >= 0.3 is 5.97 Å². The lowest BCUT2D eigenvalue weighted by molar-refractivity contribution is 0.0676. The number of carboxylic acids is 1. The fraction of sp³-hybridized carbons (Fsp3) is 0.375. The Morgan fingerprint density at radius 1 is 1.10 bits per heavy atom. The first-order valence-corrected chi connectivity index (χ1v) is 6.70. The van der Waals surface area contributed by atoms with Crippen LogP contribution >= 0.6 is 0 Å². The molecule has 0 saturated carbocycles. The van der Waals surface area contributed by atoms with Crippen LogP contribution in [-0.4, -0.2) is 35.0 Å². The zero-order chi connectivity index (χ0) is 14.9. The molecule has 1 aromatic rings. The molecule has 0 aliphatic carbocycles. The Morgan fingerprint density at radius 3 is 2.25 bits per heavy atom. The molecule has 0 unspecified atom stereocenters. The molecule has 1 N–H and O–H groups in total. The summed E-state index contributed by atoms with van der Waals surface area (Å²) in [6, 6.07) is 3.55. The molecule has 106 valence electrons. The maximum Gasteiger partial charge on any atom is 0.336 e. The summed E-state index contributed by atoms with van der Waals surface area (Å²) in [5.41, 5.74) is 2.93. The molecule has 1 heterocycles. The van der Waals surface area contributed by atoms with E-state index in [0.717, 1.165) is 12.0 Å². The van der Waals surface area contributed by atoms with E-state index in [1.54, 1.807) is 24.8 Å². The minimum Gasteiger partial charge on any atom is -0.478 e. The van der Waals surface area contributed by atoms with Gasteiger partial charge in [0, 0.05) is 13.1 Å². The number of aromatic carboxylic acids is 1. The lowest BCUT2D eigenvalue weighted by atomic mass is 9.95. The molecule has 0 aromatic heterocycles. The standard InChI is InChI=1S/C16H19NO3/c1-10-5-4-8-17(9-10)15(18)13-11(2)6-7-12(3)14(13)16(19)20/h5-7H,4,8-9H2,1-3H3,(H,19,20). The van der Waals surface area contributed by atoms with E-state index >= 15 is 0 Å². The third kappa shape index (κ3) is 2.59. The number of carboxylic acid groups (broad SMARTS) is 1. The maximum absolute atomic E-state index is 12.7.